The number of carboxylic acid groups (broad SMARTS) is 1. The zero-order valence-electron chi connectivity index (χ0n) is 12.2. The zero-order chi connectivity index (χ0) is 14.3. The molecule has 1 N–H and O–H groups in total. The van der Waals surface area contributed by atoms with Gasteiger partial charge < -0.3 is 10.0 Å². The van der Waals surface area contributed by atoms with Crippen LogP contribution in [0.15, 0.2) is 0 Å². The lowest BCUT2D eigenvalue weighted by molar-refractivity contribution is -0.139. The molecule has 0 radical (unpaired) electrons. The molecule has 0 bridgehead atoms. The molecule has 0 saturated carbocycles. The summed E-state index contributed by atoms with van der Waals surface area (Å²) in [4.78, 5) is 19.6. The minimum atomic E-state index is -0.721. The largest absolute Gasteiger partial charge is 0.481 e. The summed E-state index contributed by atoms with van der Waals surface area (Å²) in [5.41, 5.74) is 1.17. The Morgan fingerprint density at radius 1 is 1.45 bits per heavy atom. The summed E-state index contributed by atoms with van der Waals surface area (Å²) in [6.07, 6.45) is 5.15. The predicted octanol–water partition coefficient (Wildman–Crippen LogP) is 3.27. The summed E-state index contributed by atoms with van der Waals surface area (Å²) in [7, 11) is 0. The molecule has 5 heteroatoms. The van der Waals surface area contributed by atoms with Crippen LogP contribution in [0.2, 0.25) is 0 Å². The Morgan fingerprint density at radius 3 is 2.95 bits per heavy atom. The van der Waals surface area contributed by atoms with Crippen molar-refractivity contribution < 1.29 is 9.90 Å². The van der Waals surface area contributed by atoms with Gasteiger partial charge >= 0.3 is 5.97 Å². The fourth-order valence-corrected chi connectivity index (χ4v) is 4.56. The van der Waals surface area contributed by atoms with Gasteiger partial charge in [0, 0.05) is 18.0 Å². The zero-order valence-corrected chi connectivity index (χ0v) is 13.0. The number of rotatable bonds is 2. The summed E-state index contributed by atoms with van der Waals surface area (Å²) >= 11 is 1.72. The highest BCUT2D eigenvalue weighted by Crippen LogP contribution is 2.40. The van der Waals surface area contributed by atoms with Crippen molar-refractivity contribution in [2.24, 2.45) is 5.41 Å². The van der Waals surface area contributed by atoms with E-state index in [-0.39, 0.29) is 5.92 Å². The van der Waals surface area contributed by atoms with Gasteiger partial charge in [0.15, 0.2) is 5.13 Å². The molecule has 1 unspecified atom stereocenters. The Hall–Kier alpha value is -1.10. The molecule has 1 atom stereocenters. The molecular formula is C15H22N2O2S. The molecule has 4 nitrogen and oxygen atoms in total. The van der Waals surface area contributed by atoms with Gasteiger partial charge in [-0.25, -0.2) is 4.98 Å². The van der Waals surface area contributed by atoms with Crippen LogP contribution in [0.1, 0.15) is 56.0 Å². The Balaban J connectivity index is 1.87. The van der Waals surface area contributed by atoms with Gasteiger partial charge in [-0.2, -0.15) is 0 Å². The van der Waals surface area contributed by atoms with Gasteiger partial charge in [-0.1, -0.05) is 13.8 Å². The van der Waals surface area contributed by atoms with Gasteiger partial charge in [0.1, 0.15) is 5.92 Å². The second kappa shape index (κ2) is 5.02. The third-order valence-corrected chi connectivity index (χ3v) is 5.60. The number of fused-ring (bicyclic) bond motifs is 1. The van der Waals surface area contributed by atoms with E-state index in [0.717, 1.165) is 43.2 Å². The number of carboxylic acids is 1. The van der Waals surface area contributed by atoms with Crippen molar-refractivity contribution in [3.05, 3.63) is 10.6 Å². The number of carbonyl (C=O) groups is 1. The van der Waals surface area contributed by atoms with E-state index in [4.69, 9.17) is 4.98 Å². The highest BCUT2D eigenvalue weighted by atomic mass is 32.1. The molecule has 110 valence electrons. The van der Waals surface area contributed by atoms with Crippen LogP contribution in [0.25, 0.3) is 0 Å². The van der Waals surface area contributed by atoms with E-state index in [2.05, 4.69) is 18.7 Å². The van der Waals surface area contributed by atoms with Crippen LogP contribution in [0.4, 0.5) is 5.13 Å². The lowest BCUT2D eigenvalue weighted by Crippen LogP contribution is -2.40. The smallest absolute Gasteiger partial charge is 0.312 e. The molecule has 1 aromatic heterocycles. The van der Waals surface area contributed by atoms with E-state index in [1.165, 1.54) is 17.7 Å². The van der Waals surface area contributed by atoms with E-state index >= 15 is 0 Å². The van der Waals surface area contributed by atoms with Crippen molar-refractivity contribution in [1.82, 2.24) is 4.98 Å². The molecule has 1 fully saturated rings. The number of hydrogen-bond acceptors (Lipinski definition) is 4. The lowest BCUT2D eigenvalue weighted by Gasteiger charge is -2.37. The van der Waals surface area contributed by atoms with E-state index < -0.39 is 5.97 Å². The van der Waals surface area contributed by atoms with Gasteiger partial charge in [-0.05, 0) is 37.5 Å². The van der Waals surface area contributed by atoms with Crippen LogP contribution in [-0.2, 0) is 11.2 Å². The molecule has 0 amide bonds. The van der Waals surface area contributed by atoms with Crippen molar-refractivity contribution in [2.45, 2.75) is 51.9 Å². The minimum Gasteiger partial charge on any atom is -0.481 e. The fourth-order valence-electron chi connectivity index (χ4n) is 3.37. The number of hydrogen-bond donors (Lipinski definition) is 1. The van der Waals surface area contributed by atoms with Gasteiger partial charge in [0.25, 0.3) is 0 Å². The average Bonchev–Trinajstić information content (AvgIpc) is 2.80. The van der Waals surface area contributed by atoms with Crippen LogP contribution in [0.5, 0.6) is 0 Å². The molecule has 1 aromatic rings. The number of aliphatic carboxylic acids is 1. The molecule has 20 heavy (non-hydrogen) atoms. The quantitative estimate of drug-likeness (QED) is 0.909. The van der Waals surface area contributed by atoms with Gasteiger partial charge in [0.2, 0.25) is 0 Å². The lowest BCUT2D eigenvalue weighted by atomic mass is 9.84. The van der Waals surface area contributed by atoms with Crippen molar-refractivity contribution in [2.75, 3.05) is 18.0 Å². The van der Waals surface area contributed by atoms with Crippen LogP contribution in [0.3, 0.4) is 0 Å². The monoisotopic (exact) mass is 294 g/mol. The first-order valence-electron chi connectivity index (χ1n) is 7.44. The summed E-state index contributed by atoms with van der Waals surface area (Å²) in [5, 5.41) is 10.4. The SMILES string of the molecule is CC1(C)CCCN(c2nc3c(s2)CCCC3C(=O)O)C1. The standard InChI is InChI=1S/C15H22N2O2S/c1-15(2)7-4-8-17(9-15)14-16-12-10(13(18)19)5-3-6-11(12)20-14/h10H,3-9H2,1-2H3,(H,18,19). The van der Waals surface area contributed by atoms with E-state index in [9.17, 15) is 9.90 Å². The molecule has 2 heterocycles. The molecule has 1 aliphatic heterocycles. The van der Waals surface area contributed by atoms with Crippen LogP contribution in [0, 0.1) is 5.41 Å². The first-order chi connectivity index (χ1) is 9.46. The third kappa shape index (κ3) is 2.55. The predicted molar refractivity (Wildman–Crippen MR) is 80.7 cm³/mol. The average molecular weight is 294 g/mol. The number of thiazole rings is 1. The van der Waals surface area contributed by atoms with Crippen molar-refractivity contribution in [3.63, 3.8) is 0 Å². The highest BCUT2D eigenvalue weighted by Gasteiger charge is 2.33. The number of aryl methyl sites for hydroxylation is 1. The molecule has 0 aromatic carbocycles. The van der Waals surface area contributed by atoms with E-state index in [1.54, 1.807) is 11.3 Å². The van der Waals surface area contributed by atoms with Crippen molar-refractivity contribution in [3.8, 4) is 0 Å². The maximum atomic E-state index is 11.4. The maximum absolute atomic E-state index is 11.4. The Labute approximate surface area is 123 Å². The third-order valence-electron chi connectivity index (χ3n) is 4.41. The molecule has 0 spiro atoms. The molecule has 1 aliphatic carbocycles. The number of aromatic nitrogens is 1. The molecular weight excluding hydrogens is 272 g/mol. The first-order valence-corrected chi connectivity index (χ1v) is 8.25. The number of nitrogens with zero attached hydrogens (tertiary/aromatic N) is 2. The molecule has 1 saturated heterocycles. The van der Waals surface area contributed by atoms with E-state index in [1.807, 2.05) is 0 Å². The van der Waals surface area contributed by atoms with E-state index in [0.29, 0.717) is 5.41 Å². The van der Waals surface area contributed by atoms with Crippen LogP contribution < -0.4 is 4.90 Å². The topological polar surface area (TPSA) is 53.4 Å². The summed E-state index contributed by atoms with van der Waals surface area (Å²) in [6, 6.07) is 0. The summed E-state index contributed by atoms with van der Waals surface area (Å²) in [6.45, 7) is 6.67. The normalized spacial score (nSPS) is 25.3. The maximum Gasteiger partial charge on any atom is 0.312 e. The van der Waals surface area contributed by atoms with Gasteiger partial charge in [0.05, 0.1) is 5.69 Å². The molecule has 3 rings (SSSR count). The van der Waals surface area contributed by atoms with Gasteiger partial charge in [-0.3, -0.25) is 4.79 Å². The minimum absolute atomic E-state index is 0.330. The van der Waals surface area contributed by atoms with Crippen LogP contribution in [-0.4, -0.2) is 29.1 Å². The Bertz CT molecular complexity index is 524. The Morgan fingerprint density at radius 2 is 2.25 bits per heavy atom. The number of anilines is 1. The van der Waals surface area contributed by atoms with Gasteiger partial charge in [-0.15, -0.1) is 11.3 Å². The Kier molecular flexibility index (Phi) is 3.48. The first kappa shape index (κ1) is 13.9. The number of piperidine rings is 1. The summed E-state index contributed by atoms with van der Waals surface area (Å²) in [5.74, 6) is -1.11. The summed E-state index contributed by atoms with van der Waals surface area (Å²) < 4.78 is 0. The van der Waals surface area contributed by atoms with Crippen molar-refractivity contribution in [1.29, 1.82) is 0 Å². The molecule has 2 aliphatic rings. The van der Waals surface area contributed by atoms with Crippen LogP contribution >= 0.6 is 11.3 Å². The highest BCUT2D eigenvalue weighted by molar-refractivity contribution is 7.15. The fraction of sp³-hybridized carbons (Fsp3) is 0.733. The second-order valence-corrected chi connectivity index (χ2v) is 7.84. The second-order valence-electron chi connectivity index (χ2n) is 6.78. The van der Waals surface area contributed by atoms with Crippen molar-refractivity contribution >= 4 is 22.4 Å².